The van der Waals surface area contributed by atoms with Crippen molar-refractivity contribution in [1.29, 1.82) is 0 Å². The number of nitrogens with zero attached hydrogens (tertiary/aromatic N) is 1. The fraction of sp³-hybridized carbons (Fsp3) is 0.300. The van der Waals surface area contributed by atoms with Gasteiger partial charge in [0.15, 0.2) is 5.17 Å². The van der Waals surface area contributed by atoms with E-state index in [-0.39, 0.29) is 5.75 Å². The molecule has 1 heterocycles. The van der Waals surface area contributed by atoms with Crippen molar-refractivity contribution in [3.05, 3.63) is 24.3 Å². The van der Waals surface area contributed by atoms with Crippen LogP contribution in [0.1, 0.15) is 6.92 Å². The van der Waals surface area contributed by atoms with Gasteiger partial charge in [0.2, 0.25) is 0 Å². The minimum absolute atomic E-state index is 0.270. The van der Waals surface area contributed by atoms with Crippen molar-refractivity contribution in [2.75, 3.05) is 11.9 Å². The highest BCUT2D eigenvalue weighted by Gasteiger charge is 2.14. The Morgan fingerprint density at radius 2 is 2.43 bits per heavy atom. The summed E-state index contributed by atoms with van der Waals surface area (Å²) in [5, 5.41) is 13.9. The molecule has 0 amide bonds. The minimum Gasteiger partial charge on any atom is -0.508 e. The molecule has 14 heavy (non-hydrogen) atoms. The molecule has 1 aromatic carbocycles. The summed E-state index contributed by atoms with van der Waals surface area (Å²) in [7, 11) is 0. The molecule has 0 spiro atoms. The van der Waals surface area contributed by atoms with Gasteiger partial charge in [-0.25, -0.2) is 0 Å². The molecule has 1 atom stereocenters. The lowest BCUT2D eigenvalue weighted by Gasteiger charge is -2.05. The summed E-state index contributed by atoms with van der Waals surface area (Å²) in [6, 6.07) is 7.05. The van der Waals surface area contributed by atoms with Gasteiger partial charge < -0.3 is 10.4 Å². The van der Waals surface area contributed by atoms with Crippen LogP contribution in [-0.4, -0.2) is 22.1 Å². The van der Waals surface area contributed by atoms with Gasteiger partial charge in [-0.15, -0.1) is 0 Å². The molecule has 1 aliphatic rings. The number of anilines is 1. The molecule has 1 aliphatic heterocycles. The summed E-state index contributed by atoms with van der Waals surface area (Å²) >= 11 is 1.72. The maximum atomic E-state index is 9.25. The molecular weight excluding hydrogens is 196 g/mol. The number of phenols is 1. The molecule has 0 saturated carbocycles. The van der Waals surface area contributed by atoms with E-state index in [0.29, 0.717) is 5.25 Å². The van der Waals surface area contributed by atoms with Crippen LogP contribution in [0.2, 0.25) is 0 Å². The number of phenolic OH excluding ortho intramolecular Hbond substituents is 1. The van der Waals surface area contributed by atoms with E-state index >= 15 is 0 Å². The number of benzene rings is 1. The van der Waals surface area contributed by atoms with Crippen LogP contribution in [0.25, 0.3) is 0 Å². The molecule has 0 bridgehead atoms. The molecule has 0 fully saturated rings. The maximum absolute atomic E-state index is 9.25. The van der Waals surface area contributed by atoms with Crippen molar-refractivity contribution in [3.8, 4) is 5.75 Å². The Balaban J connectivity index is 2.04. The van der Waals surface area contributed by atoms with Crippen molar-refractivity contribution in [2.45, 2.75) is 12.2 Å². The van der Waals surface area contributed by atoms with E-state index in [4.69, 9.17) is 0 Å². The number of amidine groups is 1. The van der Waals surface area contributed by atoms with Gasteiger partial charge in [0.25, 0.3) is 0 Å². The summed E-state index contributed by atoms with van der Waals surface area (Å²) < 4.78 is 0. The highest BCUT2D eigenvalue weighted by Crippen LogP contribution is 2.23. The third-order valence-electron chi connectivity index (χ3n) is 1.90. The highest BCUT2D eigenvalue weighted by molar-refractivity contribution is 8.15. The summed E-state index contributed by atoms with van der Waals surface area (Å²) in [6.07, 6.45) is 0. The average Bonchev–Trinajstić information content (AvgIpc) is 2.51. The van der Waals surface area contributed by atoms with Crippen LogP contribution in [0.5, 0.6) is 5.75 Å². The molecular formula is C10H12N2OS. The Morgan fingerprint density at radius 3 is 3.07 bits per heavy atom. The van der Waals surface area contributed by atoms with Gasteiger partial charge in [-0.2, -0.15) is 0 Å². The van der Waals surface area contributed by atoms with Crippen molar-refractivity contribution < 1.29 is 5.11 Å². The van der Waals surface area contributed by atoms with E-state index < -0.39 is 0 Å². The molecule has 2 rings (SSSR count). The number of rotatable bonds is 1. The Labute approximate surface area is 87.2 Å². The molecule has 0 radical (unpaired) electrons. The van der Waals surface area contributed by atoms with Crippen LogP contribution in [-0.2, 0) is 0 Å². The molecule has 3 nitrogen and oxygen atoms in total. The van der Waals surface area contributed by atoms with Gasteiger partial charge in [-0.05, 0) is 12.1 Å². The zero-order chi connectivity index (χ0) is 9.97. The number of nitrogens with one attached hydrogen (secondary N) is 1. The molecule has 1 aromatic rings. The second-order valence-electron chi connectivity index (χ2n) is 3.25. The third-order valence-corrected chi connectivity index (χ3v) is 2.91. The van der Waals surface area contributed by atoms with E-state index in [0.717, 1.165) is 17.4 Å². The monoisotopic (exact) mass is 208 g/mol. The van der Waals surface area contributed by atoms with Crippen molar-refractivity contribution >= 4 is 22.6 Å². The number of hydrogen-bond donors (Lipinski definition) is 2. The summed E-state index contributed by atoms with van der Waals surface area (Å²) in [5.41, 5.74) is 0.880. The zero-order valence-electron chi connectivity index (χ0n) is 7.90. The first-order chi connectivity index (χ1) is 6.74. The van der Waals surface area contributed by atoms with E-state index in [1.54, 1.807) is 30.0 Å². The lowest BCUT2D eigenvalue weighted by molar-refractivity contribution is 0.475. The first-order valence-corrected chi connectivity index (χ1v) is 5.39. The van der Waals surface area contributed by atoms with Crippen LogP contribution in [0.4, 0.5) is 5.69 Å². The minimum atomic E-state index is 0.270. The molecule has 0 saturated heterocycles. The maximum Gasteiger partial charge on any atom is 0.161 e. The van der Waals surface area contributed by atoms with Gasteiger partial charge in [-0.3, -0.25) is 4.99 Å². The Morgan fingerprint density at radius 1 is 1.57 bits per heavy atom. The predicted molar refractivity (Wildman–Crippen MR) is 61.1 cm³/mol. The van der Waals surface area contributed by atoms with Crippen LogP contribution in [0.15, 0.2) is 29.3 Å². The summed E-state index contributed by atoms with van der Waals surface area (Å²) in [5.74, 6) is 0.270. The average molecular weight is 208 g/mol. The Bertz CT molecular complexity index is 365. The molecule has 0 aromatic heterocycles. The molecule has 4 heteroatoms. The number of aromatic hydroxyl groups is 1. The number of hydrogen-bond acceptors (Lipinski definition) is 4. The molecule has 0 aliphatic carbocycles. The second kappa shape index (κ2) is 3.92. The summed E-state index contributed by atoms with van der Waals surface area (Å²) in [4.78, 5) is 4.33. The first-order valence-electron chi connectivity index (χ1n) is 4.51. The number of aliphatic imine (C=N–C) groups is 1. The van der Waals surface area contributed by atoms with Gasteiger partial charge in [0.1, 0.15) is 5.75 Å². The zero-order valence-corrected chi connectivity index (χ0v) is 8.71. The van der Waals surface area contributed by atoms with Crippen LogP contribution in [0, 0.1) is 0 Å². The van der Waals surface area contributed by atoms with Crippen LogP contribution < -0.4 is 5.32 Å². The van der Waals surface area contributed by atoms with Crippen LogP contribution >= 0.6 is 11.8 Å². The largest absolute Gasteiger partial charge is 0.508 e. The standard InChI is InChI=1S/C10H12N2OS/c1-7-6-11-10(14-7)12-8-3-2-4-9(13)5-8/h2-5,7,13H,6H2,1H3,(H,11,12). The van der Waals surface area contributed by atoms with E-state index in [1.807, 2.05) is 6.07 Å². The molecule has 2 N–H and O–H groups in total. The van der Waals surface area contributed by atoms with Crippen LogP contribution in [0.3, 0.4) is 0 Å². The smallest absolute Gasteiger partial charge is 0.161 e. The topological polar surface area (TPSA) is 44.6 Å². The van der Waals surface area contributed by atoms with Gasteiger partial charge >= 0.3 is 0 Å². The quantitative estimate of drug-likeness (QED) is 0.744. The molecule has 1 unspecified atom stereocenters. The SMILES string of the molecule is CC1CN=C(Nc2cccc(O)c2)S1. The Hall–Kier alpha value is -1.16. The lowest BCUT2D eigenvalue weighted by Crippen LogP contribution is -2.05. The second-order valence-corrected chi connectivity index (χ2v) is 4.68. The van der Waals surface area contributed by atoms with Gasteiger partial charge in [0, 0.05) is 17.0 Å². The normalized spacial score (nSPS) is 20.6. The van der Waals surface area contributed by atoms with E-state index in [2.05, 4.69) is 17.2 Å². The molecule has 74 valence electrons. The lowest BCUT2D eigenvalue weighted by atomic mass is 10.3. The third kappa shape index (κ3) is 2.20. The van der Waals surface area contributed by atoms with Gasteiger partial charge in [0.05, 0.1) is 6.54 Å². The van der Waals surface area contributed by atoms with Crippen molar-refractivity contribution in [2.24, 2.45) is 4.99 Å². The number of thioether (sulfide) groups is 1. The van der Waals surface area contributed by atoms with E-state index in [9.17, 15) is 5.11 Å². The van der Waals surface area contributed by atoms with E-state index in [1.165, 1.54) is 0 Å². The predicted octanol–water partition coefficient (Wildman–Crippen LogP) is 2.30. The summed E-state index contributed by atoms with van der Waals surface area (Å²) in [6.45, 7) is 3.01. The van der Waals surface area contributed by atoms with Crippen molar-refractivity contribution in [1.82, 2.24) is 0 Å². The van der Waals surface area contributed by atoms with Gasteiger partial charge in [-0.1, -0.05) is 24.8 Å². The van der Waals surface area contributed by atoms with Crippen molar-refractivity contribution in [3.63, 3.8) is 0 Å². The highest BCUT2D eigenvalue weighted by atomic mass is 32.2. The first kappa shape index (κ1) is 9.40. The Kier molecular flexibility index (Phi) is 2.63. The fourth-order valence-electron chi connectivity index (χ4n) is 1.25. The fourth-order valence-corrected chi connectivity index (χ4v) is 2.11.